The first-order chi connectivity index (χ1) is 8.37. The van der Waals surface area contributed by atoms with Crippen LogP contribution in [0.1, 0.15) is 31.1 Å². The molecule has 1 amide bonds. The third-order valence-corrected chi connectivity index (χ3v) is 3.23. The fourth-order valence-electron chi connectivity index (χ4n) is 2.43. The van der Waals surface area contributed by atoms with Crippen LogP contribution >= 0.6 is 12.6 Å². The first-order valence-corrected chi connectivity index (χ1v) is 6.58. The number of carbonyl (C=O) groups is 1. The SMILES string of the molecule is CC1CN(C(=O)c2cccc(S)c2)CC(C)(C)O1. The summed E-state index contributed by atoms with van der Waals surface area (Å²) in [5.74, 6) is 0.0501. The minimum absolute atomic E-state index is 0.0501. The number of ether oxygens (including phenoxy) is 1. The quantitative estimate of drug-likeness (QED) is 0.791. The number of carbonyl (C=O) groups excluding carboxylic acids is 1. The fourth-order valence-corrected chi connectivity index (χ4v) is 2.66. The molecule has 4 heteroatoms. The zero-order chi connectivity index (χ0) is 13.3. The molecule has 3 nitrogen and oxygen atoms in total. The van der Waals surface area contributed by atoms with Crippen LogP contribution in [0.25, 0.3) is 0 Å². The number of morpholine rings is 1. The number of amides is 1. The van der Waals surface area contributed by atoms with Gasteiger partial charge in [-0.3, -0.25) is 4.79 Å². The van der Waals surface area contributed by atoms with Gasteiger partial charge in [0.05, 0.1) is 11.7 Å². The number of benzene rings is 1. The van der Waals surface area contributed by atoms with Gasteiger partial charge in [-0.2, -0.15) is 0 Å². The number of hydrogen-bond donors (Lipinski definition) is 1. The molecular weight excluding hydrogens is 246 g/mol. The van der Waals surface area contributed by atoms with E-state index >= 15 is 0 Å². The van der Waals surface area contributed by atoms with Crippen molar-refractivity contribution < 1.29 is 9.53 Å². The van der Waals surface area contributed by atoms with Crippen LogP contribution in [-0.2, 0) is 4.74 Å². The van der Waals surface area contributed by atoms with Crippen molar-refractivity contribution in [2.75, 3.05) is 13.1 Å². The molecule has 0 bridgehead atoms. The summed E-state index contributed by atoms with van der Waals surface area (Å²) in [6, 6.07) is 7.35. The van der Waals surface area contributed by atoms with E-state index in [1.54, 1.807) is 6.07 Å². The Labute approximate surface area is 114 Å². The second kappa shape index (κ2) is 4.94. The summed E-state index contributed by atoms with van der Waals surface area (Å²) in [7, 11) is 0. The standard InChI is InChI=1S/C14H19NO2S/c1-10-8-15(9-14(2,3)17-10)13(16)11-5-4-6-12(18)7-11/h4-7,10,18H,8-9H2,1-3H3. The number of hydrogen-bond acceptors (Lipinski definition) is 3. The summed E-state index contributed by atoms with van der Waals surface area (Å²) >= 11 is 4.27. The first kappa shape index (κ1) is 13.4. The second-order valence-corrected chi connectivity index (χ2v) is 5.94. The van der Waals surface area contributed by atoms with E-state index in [0.29, 0.717) is 18.7 Å². The van der Waals surface area contributed by atoms with Crippen LogP contribution in [0.5, 0.6) is 0 Å². The summed E-state index contributed by atoms with van der Waals surface area (Å²) in [5.41, 5.74) is 0.402. The van der Waals surface area contributed by atoms with E-state index in [9.17, 15) is 4.79 Å². The van der Waals surface area contributed by atoms with Crippen LogP contribution in [0.15, 0.2) is 29.2 Å². The topological polar surface area (TPSA) is 29.5 Å². The zero-order valence-electron chi connectivity index (χ0n) is 11.0. The monoisotopic (exact) mass is 265 g/mol. The largest absolute Gasteiger partial charge is 0.369 e. The molecule has 0 N–H and O–H groups in total. The van der Waals surface area contributed by atoms with Gasteiger partial charge in [-0.25, -0.2) is 0 Å². The molecule has 0 spiro atoms. The molecule has 1 atom stereocenters. The van der Waals surface area contributed by atoms with Crippen molar-refractivity contribution in [1.29, 1.82) is 0 Å². The van der Waals surface area contributed by atoms with E-state index in [4.69, 9.17) is 4.74 Å². The maximum atomic E-state index is 12.4. The van der Waals surface area contributed by atoms with Gasteiger partial charge in [0.15, 0.2) is 0 Å². The van der Waals surface area contributed by atoms with Crippen LogP contribution < -0.4 is 0 Å². The molecule has 1 heterocycles. The average molecular weight is 265 g/mol. The van der Waals surface area contributed by atoms with Crippen molar-refractivity contribution in [1.82, 2.24) is 4.90 Å². The van der Waals surface area contributed by atoms with Crippen molar-refractivity contribution in [2.24, 2.45) is 0 Å². The van der Waals surface area contributed by atoms with Crippen LogP contribution in [0.4, 0.5) is 0 Å². The van der Waals surface area contributed by atoms with Gasteiger partial charge >= 0.3 is 0 Å². The van der Waals surface area contributed by atoms with Gasteiger partial charge in [-0.15, -0.1) is 12.6 Å². The van der Waals surface area contributed by atoms with Crippen LogP contribution in [0.2, 0.25) is 0 Å². The molecule has 1 fully saturated rings. The Bertz CT molecular complexity index is 459. The lowest BCUT2D eigenvalue weighted by molar-refractivity contribution is -0.118. The first-order valence-electron chi connectivity index (χ1n) is 6.13. The van der Waals surface area contributed by atoms with Gasteiger partial charge in [0, 0.05) is 23.5 Å². The Morgan fingerprint density at radius 2 is 2.22 bits per heavy atom. The Hall–Kier alpha value is -1.00. The highest BCUT2D eigenvalue weighted by Crippen LogP contribution is 2.22. The third-order valence-electron chi connectivity index (χ3n) is 2.95. The molecule has 0 radical (unpaired) electrons. The van der Waals surface area contributed by atoms with Crippen molar-refractivity contribution in [2.45, 2.75) is 37.4 Å². The predicted molar refractivity (Wildman–Crippen MR) is 74.2 cm³/mol. The summed E-state index contributed by atoms with van der Waals surface area (Å²) in [4.78, 5) is 15.1. The smallest absolute Gasteiger partial charge is 0.254 e. The maximum Gasteiger partial charge on any atom is 0.254 e. The van der Waals surface area contributed by atoms with E-state index in [-0.39, 0.29) is 17.6 Å². The molecule has 0 aliphatic carbocycles. The Morgan fingerprint density at radius 3 is 2.83 bits per heavy atom. The molecule has 1 aromatic carbocycles. The molecule has 0 saturated carbocycles. The molecule has 1 aromatic rings. The Kier molecular flexibility index (Phi) is 3.69. The lowest BCUT2D eigenvalue weighted by Crippen LogP contribution is -2.53. The maximum absolute atomic E-state index is 12.4. The molecular formula is C14H19NO2S. The van der Waals surface area contributed by atoms with E-state index in [2.05, 4.69) is 12.6 Å². The number of nitrogens with zero attached hydrogens (tertiary/aromatic N) is 1. The van der Waals surface area contributed by atoms with Crippen molar-refractivity contribution in [3.05, 3.63) is 29.8 Å². The predicted octanol–water partition coefficient (Wildman–Crippen LogP) is 2.61. The van der Waals surface area contributed by atoms with E-state index in [1.165, 1.54) is 0 Å². The molecule has 98 valence electrons. The lowest BCUT2D eigenvalue weighted by Gasteiger charge is -2.41. The summed E-state index contributed by atoms with van der Waals surface area (Å²) < 4.78 is 5.80. The minimum atomic E-state index is -0.286. The molecule has 1 unspecified atom stereocenters. The van der Waals surface area contributed by atoms with Crippen molar-refractivity contribution >= 4 is 18.5 Å². The second-order valence-electron chi connectivity index (χ2n) is 5.42. The molecule has 1 aliphatic rings. The van der Waals surface area contributed by atoms with Crippen LogP contribution in [0, 0.1) is 0 Å². The van der Waals surface area contributed by atoms with Crippen molar-refractivity contribution in [3.8, 4) is 0 Å². The van der Waals surface area contributed by atoms with E-state index in [1.807, 2.05) is 43.9 Å². The van der Waals surface area contributed by atoms with Gasteiger partial charge in [0.25, 0.3) is 5.91 Å². The number of thiol groups is 1. The molecule has 0 aromatic heterocycles. The van der Waals surface area contributed by atoms with Gasteiger partial charge < -0.3 is 9.64 Å². The Morgan fingerprint density at radius 1 is 1.50 bits per heavy atom. The molecule has 1 aliphatic heterocycles. The molecule has 18 heavy (non-hydrogen) atoms. The zero-order valence-corrected chi connectivity index (χ0v) is 11.9. The lowest BCUT2D eigenvalue weighted by atomic mass is 10.0. The van der Waals surface area contributed by atoms with E-state index < -0.39 is 0 Å². The van der Waals surface area contributed by atoms with Gasteiger partial charge in [-0.1, -0.05) is 6.07 Å². The third kappa shape index (κ3) is 3.06. The van der Waals surface area contributed by atoms with Crippen LogP contribution in [-0.4, -0.2) is 35.6 Å². The average Bonchev–Trinajstić information content (AvgIpc) is 2.25. The summed E-state index contributed by atoms with van der Waals surface area (Å²) in [5, 5.41) is 0. The summed E-state index contributed by atoms with van der Waals surface area (Å²) in [6.07, 6.45) is 0.0666. The van der Waals surface area contributed by atoms with Crippen LogP contribution in [0.3, 0.4) is 0 Å². The van der Waals surface area contributed by atoms with Gasteiger partial charge in [0.2, 0.25) is 0 Å². The van der Waals surface area contributed by atoms with Gasteiger partial charge in [-0.05, 0) is 39.0 Å². The number of rotatable bonds is 1. The fraction of sp³-hybridized carbons (Fsp3) is 0.500. The molecule has 1 saturated heterocycles. The normalized spacial score (nSPS) is 22.9. The van der Waals surface area contributed by atoms with Crippen molar-refractivity contribution in [3.63, 3.8) is 0 Å². The molecule has 2 rings (SSSR count). The summed E-state index contributed by atoms with van der Waals surface area (Å²) in [6.45, 7) is 7.28. The van der Waals surface area contributed by atoms with Gasteiger partial charge in [0.1, 0.15) is 0 Å². The highest BCUT2D eigenvalue weighted by atomic mass is 32.1. The highest BCUT2D eigenvalue weighted by molar-refractivity contribution is 7.80. The highest BCUT2D eigenvalue weighted by Gasteiger charge is 2.33. The Balaban J connectivity index is 2.18. The van der Waals surface area contributed by atoms with E-state index in [0.717, 1.165) is 4.90 Å². The minimum Gasteiger partial charge on any atom is -0.369 e.